The lowest BCUT2D eigenvalue weighted by Gasteiger charge is -2.06. The highest BCUT2D eigenvalue weighted by Crippen LogP contribution is 2.39. The van der Waals surface area contributed by atoms with Crippen LogP contribution < -0.4 is 0 Å². The van der Waals surface area contributed by atoms with Crippen molar-refractivity contribution in [2.24, 2.45) is 0 Å². The number of aromatic amines is 1. The van der Waals surface area contributed by atoms with Gasteiger partial charge in [0.05, 0.1) is 6.10 Å². The van der Waals surface area contributed by atoms with Gasteiger partial charge in [-0.25, -0.2) is 4.98 Å². The molecule has 1 aliphatic heterocycles. The number of H-pyrrole nitrogens is 1. The number of nitrogens with one attached hydrogen (secondary N) is 1. The number of hydrogen-bond donors (Lipinski definition) is 1. The topological polar surface area (TPSA) is 50.8 Å². The van der Waals surface area contributed by atoms with Crippen molar-refractivity contribution in [1.29, 1.82) is 0 Å². The van der Waals surface area contributed by atoms with Gasteiger partial charge in [0, 0.05) is 5.92 Å². The second kappa shape index (κ2) is 3.05. The molecule has 0 bridgehead atoms. The molecule has 1 aromatic rings. The van der Waals surface area contributed by atoms with Crippen molar-refractivity contribution in [2.45, 2.75) is 50.7 Å². The van der Waals surface area contributed by atoms with E-state index in [1.54, 1.807) is 0 Å². The Morgan fingerprint density at radius 3 is 2.79 bits per heavy atom. The smallest absolute Gasteiger partial charge is 0.153 e. The molecule has 1 aromatic heterocycles. The van der Waals surface area contributed by atoms with Gasteiger partial charge >= 0.3 is 0 Å². The fourth-order valence-electron chi connectivity index (χ4n) is 1.96. The molecule has 0 radical (unpaired) electrons. The summed E-state index contributed by atoms with van der Waals surface area (Å²) in [7, 11) is 0. The minimum absolute atomic E-state index is 0.157. The lowest BCUT2D eigenvalue weighted by atomic mass is 10.2. The fraction of sp³-hybridized carbons (Fsp3) is 0.800. The second-order valence-corrected chi connectivity index (χ2v) is 4.37. The van der Waals surface area contributed by atoms with E-state index < -0.39 is 0 Å². The first-order valence-corrected chi connectivity index (χ1v) is 5.40. The highest BCUT2D eigenvalue weighted by molar-refractivity contribution is 5.06. The molecule has 0 amide bonds. The van der Waals surface area contributed by atoms with Gasteiger partial charge in [-0.1, -0.05) is 0 Å². The van der Waals surface area contributed by atoms with Crippen LogP contribution >= 0.6 is 0 Å². The van der Waals surface area contributed by atoms with Crippen LogP contribution in [0.5, 0.6) is 0 Å². The first kappa shape index (κ1) is 8.41. The van der Waals surface area contributed by atoms with Crippen molar-refractivity contribution >= 4 is 0 Å². The number of hydrogen-bond acceptors (Lipinski definition) is 3. The van der Waals surface area contributed by atoms with E-state index in [0.717, 1.165) is 24.5 Å². The van der Waals surface area contributed by atoms with E-state index in [4.69, 9.17) is 4.74 Å². The van der Waals surface area contributed by atoms with Crippen LogP contribution in [-0.2, 0) is 4.74 Å². The Labute approximate surface area is 83.1 Å². The third-order valence-electron chi connectivity index (χ3n) is 3.00. The Morgan fingerprint density at radius 2 is 2.14 bits per heavy atom. The maximum Gasteiger partial charge on any atom is 0.153 e. The van der Waals surface area contributed by atoms with E-state index in [-0.39, 0.29) is 6.10 Å². The molecule has 4 nitrogen and oxygen atoms in total. The second-order valence-electron chi connectivity index (χ2n) is 4.37. The van der Waals surface area contributed by atoms with Gasteiger partial charge in [-0.3, -0.25) is 5.10 Å². The summed E-state index contributed by atoms with van der Waals surface area (Å²) in [4.78, 5) is 4.50. The Hall–Kier alpha value is -0.900. The van der Waals surface area contributed by atoms with E-state index in [9.17, 15) is 0 Å². The lowest BCUT2D eigenvalue weighted by molar-refractivity contribution is 0.0505. The normalized spacial score (nSPS) is 32.4. The van der Waals surface area contributed by atoms with Gasteiger partial charge in [0.15, 0.2) is 11.6 Å². The predicted octanol–water partition coefficient (Wildman–Crippen LogP) is 1.92. The number of aromatic nitrogens is 3. The monoisotopic (exact) mass is 193 g/mol. The average molecular weight is 193 g/mol. The predicted molar refractivity (Wildman–Crippen MR) is 50.9 cm³/mol. The van der Waals surface area contributed by atoms with E-state index in [1.165, 1.54) is 12.8 Å². The van der Waals surface area contributed by atoms with Gasteiger partial charge in [-0.05, 0) is 32.6 Å². The van der Waals surface area contributed by atoms with Crippen molar-refractivity contribution in [1.82, 2.24) is 15.2 Å². The summed E-state index contributed by atoms with van der Waals surface area (Å²) in [6, 6.07) is 0. The highest BCUT2D eigenvalue weighted by atomic mass is 16.5. The summed E-state index contributed by atoms with van der Waals surface area (Å²) in [6.45, 7) is 2.11. The zero-order valence-corrected chi connectivity index (χ0v) is 8.36. The van der Waals surface area contributed by atoms with Gasteiger partial charge in [-0.2, -0.15) is 5.10 Å². The summed E-state index contributed by atoms with van der Waals surface area (Å²) in [5, 5.41) is 7.24. The molecule has 14 heavy (non-hydrogen) atoms. The highest BCUT2D eigenvalue weighted by Gasteiger charge is 2.31. The van der Waals surface area contributed by atoms with Crippen molar-refractivity contribution in [3.05, 3.63) is 11.6 Å². The summed E-state index contributed by atoms with van der Waals surface area (Å²) >= 11 is 0. The molecule has 1 aliphatic carbocycles. The third kappa shape index (κ3) is 1.43. The van der Waals surface area contributed by atoms with Crippen LogP contribution in [-0.4, -0.2) is 21.3 Å². The number of ether oxygens (including phenoxy) is 1. The van der Waals surface area contributed by atoms with Crippen molar-refractivity contribution in [2.75, 3.05) is 0 Å². The quantitative estimate of drug-likeness (QED) is 0.780. The summed E-state index contributed by atoms with van der Waals surface area (Å²) in [5.74, 6) is 2.54. The molecule has 1 N–H and O–H groups in total. The molecule has 2 fully saturated rings. The molecular formula is C10H15N3O. The zero-order valence-electron chi connectivity index (χ0n) is 8.36. The Kier molecular flexibility index (Phi) is 1.83. The maximum absolute atomic E-state index is 5.73. The van der Waals surface area contributed by atoms with Crippen LogP contribution in [0.25, 0.3) is 0 Å². The molecule has 2 aliphatic rings. The maximum atomic E-state index is 5.73. The van der Waals surface area contributed by atoms with Crippen LogP contribution in [0.1, 0.15) is 56.3 Å². The van der Waals surface area contributed by atoms with Crippen molar-refractivity contribution in [3.8, 4) is 0 Å². The van der Waals surface area contributed by atoms with Crippen LogP contribution in [0.15, 0.2) is 0 Å². The standard InChI is InChI=1S/C10H15N3O/c1-6-2-5-8(14-6)10-11-9(12-13-10)7-3-4-7/h6-8H,2-5H2,1H3,(H,11,12,13). The van der Waals surface area contributed by atoms with E-state index in [2.05, 4.69) is 22.1 Å². The molecule has 2 unspecified atom stereocenters. The molecule has 0 spiro atoms. The molecule has 0 aromatic carbocycles. The van der Waals surface area contributed by atoms with Gasteiger partial charge in [0.2, 0.25) is 0 Å². The van der Waals surface area contributed by atoms with E-state index in [1.807, 2.05) is 0 Å². The van der Waals surface area contributed by atoms with Crippen LogP contribution in [0.4, 0.5) is 0 Å². The first-order valence-electron chi connectivity index (χ1n) is 5.40. The largest absolute Gasteiger partial charge is 0.367 e. The molecule has 2 heterocycles. The van der Waals surface area contributed by atoms with E-state index in [0.29, 0.717) is 12.0 Å². The Bertz CT molecular complexity index is 332. The number of nitrogens with zero attached hydrogens (tertiary/aromatic N) is 2. The third-order valence-corrected chi connectivity index (χ3v) is 3.00. The lowest BCUT2D eigenvalue weighted by Crippen LogP contribution is -2.02. The van der Waals surface area contributed by atoms with Gasteiger partial charge in [0.25, 0.3) is 0 Å². The summed E-state index contributed by atoms with van der Waals surface area (Å²) in [5.41, 5.74) is 0. The SMILES string of the molecule is CC1CCC(c2nc(C3CC3)n[nH]2)O1. The minimum atomic E-state index is 0.157. The van der Waals surface area contributed by atoms with Crippen LogP contribution in [0.2, 0.25) is 0 Å². The minimum Gasteiger partial charge on any atom is -0.367 e. The van der Waals surface area contributed by atoms with Gasteiger partial charge < -0.3 is 4.74 Å². The van der Waals surface area contributed by atoms with Crippen LogP contribution in [0, 0.1) is 0 Å². The average Bonchev–Trinajstić information content (AvgIpc) is 2.76. The Morgan fingerprint density at radius 1 is 1.29 bits per heavy atom. The van der Waals surface area contributed by atoms with Crippen molar-refractivity contribution in [3.63, 3.8) is 0 Å². The van der Waals surface area contributed by atoms with Gasteiger partial charge in [0.1, 0.15) is 6.10 Å². The number of rotatable bonds is 2. The summed E-state index contributed by atoms with van der Waals surface area (Å²) in [6.07, 6.45) is 5.22. The molecule has 76 valence electrons. The first-order chi connectivity index (χ1) is 6.83. The molecule has 1 saturated heterocycles. The van der Waals surface area contributed by atoms with Crippen molar-refractivity contribution < 1.29 is 4.74 Å². The molecular weight excluding hydrogens is 178 g/mol. The zero-order chi connectivity index (χ0) is 9.54. The van der Waals surface area contributed by atoms with Gasteiger partial charge in [-0.15, -0.1) is 0 Å². The fourth-order valence-corrected chi connectivity index (χ4v) is 1.96. The van der Waals surface area contributed by atoms with E-state index >= 15 is 0 Å². The molecule has 2 atom stereocenters. The van der Waals surface area contributed by atoms with Crippen LogP contribution in [0.3, 0.4) is 0 Å². The Balaban J connectivity index is 1.75. The molecule has 3 rings (SSSR count). The molecule has 1 saturated carbocycles. The molecule has 4 heteroatoms. The summed E-state index contributed by atoms with van der Waals surface area (Å²) < 4.78 is 5.73.